The van der Waals surface area contributed by atoms with Gasteiger partial charge in [-0.1, -0.05) is 0 Å². The SMILES string of the molecule is COc1ccc2nc(CCCCO)[nH]c2c1. The standard InChI is InChI=1S/C12H16N2O2/c1-16-9-5-6-10-11(8-9)14-12(13-10)4-2-3-7-15/h5-6,8,15H,2-4,7H2,1H3,(H,13,14). The molecule has 0 saturated carbocycles. The number of nitrogens with zero attached hydrogens (tertiary/aromatic N) is 1. The highest BCUT2D eigenvalue weighted by molar-refractivity contribution is 5.76. The van der Waals surface area contributed by atoms with Gasteiger partial charge in [-0.2, -0.15) is 0 Å². The molecule has 4 nitrogen and oxygen atoms in total. The van der Waals surface area contributed by atoms with E-state index in [0.29, 0.717) is 0 Å². The van der Waals surface area contributed by atoms with Crippen molar-refractivity contribution in [2.45, 2.75) is 19.3 Å². The molecular weight excluding hydrogens is 204 g/mol. The van der Waals surface area contributed by atoms with Crippen molar-refractivity contribution in [2.24, 2.45) is 0 Å². The molecular formula is C12H16N2O2. The van der Waals surface area contributed by atoms with E-state index in [1.54, 1.807) is 7.11 Å². The molecule has 4 heteroatoms. The molecule has 0 aliphatic carbocycles. The number of nitrogens with one attached hydrogen (secondary N) is 1. The Hall–Kier alpha value is -1.55. The summed E-state index contributed by atoms with van der Waals surface area (Å²) in [7, 11) is 1.65. The highest BCUT2D eigenvalue weighted by Crippen LogP contribution is 2.19. The number of hydrogen-bond acceptors (Lipinski definition) is 3. The lowest BCUT2D eigenvalue weighted by atomic mass is 10.2. The molecule has 0 amide bonds. The molecule has 1 heterocycles. The summed E-state index contributed by atoms with van der Waals surface area (Å²) in [5.41, 5.74) is 1.96. The molecule has 0 fully saturated rings. The van der Waals surface area contributed by atoms with Crippen LogP contribution in [0.15, 0.2) is 18.2 Å². The van der Waals surface area contributed by atoms with E-state index in [4.69, 9.17) is 9.84 Å². The second-order valence-electron chi connectivity index (χ2n) is 3.75. The molecule has 0 saturated heterocycles. The van der Waals surface area contributed by atoms with Gasteiger partial charge in [-0.25, -0.2) is 4.98 Å². The molecule has 1 aromatic heterocycles. The molecule has 0 unspecified atom stereocenters. The number of aromatic amines is 1. The van der Waals surface area contributed by atoms with Gasteiger partial charge in [-0.3, -0.25) is 0 Å². The smallest absolute Gasteiger partial charge is 0.121 e. The van der Waals surface area contributed by atoms with E-state index < -0.39 is 0 Å². The number of hydrogen-bond donors (Lipinski definition) is 2. The summed E-state index contributed by atoms with van der Waals surface area (Å²) >= 11 is 0. The van der Waals surface area contributed by atoms with Crippen molar-refractivity contribution in [1.29, 1.82) is 0 Å². The predicted octanol–water partition coefficient (Wildman–Crippen LogP) is 1.89. The van der Waals surface area contributed by atoms with Crippen molar-refractivity contribution in [3.8, 4) is 5.75 Å². The molecule has 1 aromatic carbocycles. The number of fused-ring (bicyclic) bond motifs is 1. The number of aromatic nitrogens is 2. The Balaban J connectivity index is 2.16. The van der Waals surface area contributed by atoms with Gasteiger partial charge in [0.2, 0.25) is 0 Å². The van der Waals surface area contributed by atoms with Gasteiger partial charge >= 0.3 is 0 Å². The zero-order chi connectivity index (χ0) is 11.4. The van der Waals surface area contributed by atoms with Crippen LogP contribution in [0, 0.1) is 0 Å². The molecule has 0 aliphatic rings. The van der Waals surface area contributed by atoms with E-state index in [2.05, 4.69) is 9.97 Å². The summed E-state index contributed by atoms with van der Waals surface area (Å²) < 4.78 is 5.15. The normalized spacial score (nSPS) is 10.9. The minimum atomic E-state index is 0.244. The maximum atomic E-state index is 8.71. The molecule has 0 spiro atoms. The number of unbranched alkanes of at least 4 members (excludes halogenated alkanes) is 1. The molecule has 86 valence electrons. The highest BCUT2D eigenvalue weighted by Gasteiger charge is 2.03. The number of ether oxygens (including phenoxy) is 1. The summed E-state index contributed by atoms with van der Waals surface area (Å²) in [6.07, 6.45) is 2.64. The second kappa shape index (κ2) is 4.99. The summed E-state index contributed by atoms with van der Waals surface area (Å²) in [4.78, 5) is 7.72. The van der Waals surface area contributed by atoms with Gasteiger partial charge in [0.15, 0.2) is 0 Å². The van der Waals surface area contributed by atoms with E-state index in [1.165, 1.54) is 0 Å². The first-order chi connectivity index (χ1) is 7.83. The molecule has 2 N–H and O–H groups in total. The first-order valence-electron chi connectivity index (χ1n) is 5.47. The average molecular weight is 220 g/mol. The van der Waals surface area contributed by atoms with Gasteiger partial charge in [0.25, 0.3) is 0 Å². The van der Waals surface area contributed by atoms with Crippen LogP contribution in [0.2, 0.25) is 0 Å². The Kier molecular flexibility index (Phi) is 3.41. The fraction of sp³-hybridized carbons (Fsp3) is 0.417. The van der Waals surface area contributed by atoms with Crippen LogP contribution in [0.5, 0.6) is 5.75 Å². The fourth-order valence-electron chi connectivity index (χ4n) is 1.69. The van der Waals surface area contributed by atoms with Crippen molar-refractivity contribution in [3.63, 3.8) is 0 Å². The van der Waals surface area contributed by atoms with Crippen molar-refractivity contribution >= 4 is 11.0 Å². The van der Waals surface area contributed by atoms with Gasteiger partial charge in [-0.15, -0.1) is 0 Å². The number of benzene rings is 1. The second-order valence-corrected chi connectivity index (χ2v) is 3.75. The largest absolute Gasteiger partial charge is 0.497 e. The number of aryl methyl sites for hydroxylation is 1. The third-order valence-electron chi connectivity index (χ3n) is 2.56. The van der Waals surface area contributed by atoms with Crippen LogP contribution in [0.3, 0.4) is 0 Å². The Morgan fingerprint density at radius 2 is 2.25 bits per heavy atom. The summed E-state index contributed by atoms with van der Waals surface area (Å²) in [5, 5.41) is 8.71. The van der Waals surface area contributed by atoms with Crippen molar-refractivity contribution in [2.75, 3.05) is 13.7 Å². The van der Waals surface area contributed by atoms with Crippen LogP contribution in [0.1, 0.15) is 18.7 Å². The molecule has 0 aliphatic heterocycles. The summed E-state index contributed by atoms with van der Waals surface area (Å²) in [5.74, 6) is 1.80. The third kappa shape index (κ3) is 2.33. The maximum Gasteiger partial charge on any atom is 0.121 e. The van der Waals surface area contributed by atoms with Crippen LogP contribution in [-0.4, -0.2) is 28.8 Å². The monoisotopic (exact) mass is 220 g/mol. The number of rotatable bonds is 5. The Morgan fingerprint density at radius 1 is 1.38 bits per heavy atom. The Bertz CT molecular complexity index is 465. The lowest BCUT2D eigenvalue weighted by molar-refractivity contribution is 0.284. The van der Waals surface area contributed by atoms with Gasteiger partial charge in [0, 0.05) is 19.1 Å². The van der Waals surface area contributed by atoms with Crippen LogP contribution in [0.4, 0.5) is 0 Å². The number of aliphatic hydroxyl groups excluding tert-OH is 1. The zero-order valence-corrected chi connectivity index (χ0v) is 9.36. The van der Waals surface area contributed by atoms with Gasteiger partial charge in [-0.05, 0) is 25.0 Å². The lowest BCUT2D eigenvalue weighted by Crippen LogP contribution is -1.90. The van der Waals surface area contributed by atoms with E-state index in [0.717, 1.165) is 41.9 Å². The van der Waals surface area contributed by atoms with Crippen LogP contribution < -0.4 is 4.74 Å². The lowest BCUT2D eigenvalue weighted by Gasteiger charge is -1.96. The van der Waals surface area contributed by atoms with Crippen LogP contribution >= 0.6 is 0 Å². The zero-order valence-electron chi connectivity index (χ0n) is 9.36. The minimum Gasteiger partial charge on any atom is -0.497 e. The average Bonchev–Trinajstić information content (AvgIpc) is 2.70. The van der Waals surface area contributed by atoms with Gasteiger partial charge in [0.1, 0.15) is 11.6 Å². The third-order valence-corrected chi connectivity index (χ3v) is 2.56. The quantitative estimate of drug-likeness (QED) is 0.756. The molecule has 2 aromatic rings. The minimum absolute atomic E-state index is 0.244. The number of methoxy groups -OCH3 is 1. The first-order valence-corrected chi connectivity index (χ1v) is 5.47. The summed E-state index contributed by atoms with van der Waals surface area (Å²) in [6, 6.07) is 5.79. The van der Waals surface area contributed by atoms with Gasteiger partial charge in [0.05, 0.1) is 18.1 Å². The molecule has 0 bridgehead atoms. The first kappa shape index (κ1) is 11.0. The van der Waals surface area contributed by atoms with E-state index in [1.807, 2.05) is 18.2 Å². The molecule has 2 rings (SSSR count). The Morgan fingerprint density at radius 3 is 3.00 bits per heavy atom. The summed E-state index contributed by atoms with van der Waals surface area (Å²) in [6.45, 7) is 0.244. The number of H-pyrrole nitrogens is 1. The fourth-order valence-corrected chi connectivity index (χ4v) is 1.69. The molecule has 0 radical (unpaired) electrons. The highest BCUT2D eigenvalue weighted by atomic mass is 16.5. The molecule has 0 atom stereocenters. The van der Waals surface area contributed by atoms with Crippen molar-refractivity contribution in [1.82, 2.24) is 9.97 Å². The van der Waals surface area contributed by atoms with Crippen molar-refractivity contribution in [3.05, 3.63) is 24.0 Å². The number of imidazole rings is 1. The van der Waals surface area contributed by atoms with E-state index in [-0.39, 0.29) is 6.61 Å². The van der Waals surface area contributed by atoms with E-state index in [9.17, 15) is 0 Å². The predicted molar refractivity (Wildman–Crippen MR) is 62.7 cm³/mol. The van der Waals surface area contributed by atoms with Crippen LogP contribution in [-0.2, 0) is 6.42 Å². The Labute approximate surface area is 94.3 Å². The topological polar surface area (TPSA) is 58.1 Å². The van der Waals surface area contributed by atoms with E-state index >= 15 is 0 Å². The number of aliphatic hydroxyl groups is 1. The molecule has 16 heavy (non-hydrogen) atoms. The van der Waals surface area contributed by atoms with Gasteiger partial charge < -0.3 is 14.8 Å². The van der Waals surface area contributed by atoms with Crippen LogP contribution in [0.25, 0.3) is 11.0 Å². The van der Waals surface area contributed by atoms with Crippen molar-refractivity contribution < 1.29 is 9.84 Å². The maximum absolute atomic E-state index is 8.71.